The van der Waals surface area contributed by atoms with Crippen molar-refractivity contribution in [2.24, 2.45) is 17.3 Å². The van der Waals surface area contributed by atoms with Gasteiger partial charge in [-0.1, -0.05) is 101 Å². The number of carbonyl (C=O) groups is 2. The Kier molecular flexibility index (Phi) is 18.7. The number of ether oxygens (including phenoxy) is 1. The average Bonchev–Trinajstić information content (AvgIpc) is 3.48. The van der Waals surface area contributed by atoms with Gasteiger partial charge in [-0.3, -0.25) is 14.5 Å². The van der Waals surface area contributed by atoms with Crippen LogP contribution in [0.15, 0.2) is 5.57 Å². The molecule has 0 bridgehead atoms. The SMILES string of the molecule is CC[Si](CC)(CC)OC1[C@@H](C)CCC[C@]2(C)[C@H](C[C@@H](/C(C)=C/c3snnc3C)OC(=O)C[C@H](O[Si](CC)(CC)CC)C(C)(C)C(=O)[C@@H]1C)N2CCO[Si](C)(C)C(C)(C)C. The molecular weight excluding hydrogens is 807 g/mol. The van der Waals surface area contributed by atoms with E-state index in [-0.39, 0.29) is 52.7 Å². The summed E-state index contributed by atoms with van der Waals surface area (Å²) in [5.74, 6) is -0.349. The first-order chi connectivity index (χ1) is 27.4. The number of fused-ring (bicyclic) bond motifs is 1. The molecule has 59 heavy (non-hydrogen) atoms. The molecule has 1 aromatic rings. The number of aromatic nitrogens is 2. The van der Waals surface area contributed by atoms with E-state index in [0.29, 0.717) is 13.0 Å². The van der Waals surface area contributed by atoms with Crippen molar-refractivity contribution in [2.75, 3.05) is 13.2 Å². The molecule has 2 unspecified atom stereocenters. The average molecular weight is 895 g/mol. The molecule has 0 spiro atoms. The van der Waals surface area contributed by atoms with E-state index in [1.54, 1.807) is 0 Å². The standard InChI is InChI=1S/C46H87N3O6SSi3/c1-19-58(20-2,21-3)54-40-32-41(50)53-37(34(8)30-38-36(10)47-48-56-38)31-39-46(16,49(39)28-29-52-57(17,18)44(11,12)13)27-25-26-33(7)42(35(9)43(51)45(40,14)15)55-59(22-4,23-5)24-6/h30,33,35,37,39-40,42H,19-29,31-32H2,1-18H3/b34-30+/t33-,35+,37-,39-,40-,42?,46+,49?/m0/s1. The van der Waals surface area contributed by atoms with Gasteiger partial charge in [0, 0.05) is 42.5 Å². The van der Waals surface area contributed by atoms with E-state index in [2.05, 4.69) is 124 Å². The molecule has 0 saturated carbocycles. The number of Topliss-reactive ketones (excluding diaryl/α,β-unsaturated/α-hetero) is 1. The smallest absolute Gasteiger partial charge is 0.309 e. The van der Waals surface area contributed by atoms with Gasteiger partial charge in [-0.25, -0.2) is 0 Å². The van der Waals surface area contributed by atoms with Gasteiger partial charge in [0.15, 0.2) is 25.0 Å². The molecule has 0 aromatic carbocycles. The van der Waals surface area contributed by atoms with Crippen molar-refractivity contribution >= 4 is 54.3 Å². The minimum Gasteiger partial charge on any atom is -0.458 e. The fourth-order valence-corrected chi connectivity index (χ4v) is 17.1. The van der Waals surface area contributed by atoms with Gasteiger partial charge in [-0.2, -0.15) is 0 Å². The fourth-order valence-electron chi connectivity index (χ4n) is 9.44. The van der Waals surface area contributed by atoms with E-state index in [1.165, 1.54) is 11.5 Å². The Morgan fingerprint density at radius 1 is 0.949 bits per heavy atom. The molecule has 2 aliphatic heterocycles. The lowest BCUT2D eigenvalue weighted by molar-refractivity contribution is -0.153. The van der Waals surface area contributed by atoms with Crippen LogP contribution in [0.5, 0.6) is 0 Å². The summed E-state index contributed by atoms with van der Waals surface area (Å²) in [6, 6.07) is 6.08. The van der Waals surface area contributed by atoms with Gasteiger partial charge < -0.3 is 18.0 Å². The summed E-state index contributed by atoms with van der Waals surface area (Å²) in [7, 11) is -6.27. The highest BCUT2D eigenvalue weighted by Gasteiger charge is 2.59. The number of hydrogen-bond acceptors (Lipinski definition) is 10. The first-order valence-electron chi connectivity index (χ1n) is 23.3. The number of aryl methyl sites for hydroxylation is 1. The van der Waals surface area contributed by atoms with Crippen LogP contribution in [-0.2, 0) is 27.6 Å². The number of rotatable bonds is 16. The van der Waals surface area contributed by atoms with Gasteiger partial charge in [0.2, 0.25) is 0 Å². The van der Waals surface area contributed by atoms with Crippen molar-refractivity contribution < 1.29 is 27.6 Å². The molecule has 0 aliphatic carbocycles. The lowest BCUT2D eigenvalue weighted by atomic mass is 9.73. The van der Waals surface area contributed by atoms with E-state index in [4.69, 9.17) is 18.0 Å². The predicted molar refractivity (Wildman–Crippen MR) is 255 cm³/mol. The monoisotopic (exact) mass is 894 g/mol. The maximum absolute atomic E-state index is 15.2. The Labute approximate surface area is 368 Å². The topological polar surface area (TPSA) is 99.9 Å². The molecular formula is C46H87N3O6SSi3. The Balaban J connectivity index is 2.17. The number of hydrogen-bond donors (Lipinski definition) is 0. The molecule has 2 fully saturated rings. The number of esters is 1. The van der Waals surface area contributed by atoms with E-state index >= 15 is 4.79 Å². The largest absolute Gasteiger partial charge is 0.458 e. The first kappa shape index (κ1) is 52.3. The zero-order valence-corrected chi connectivity index (χ0v) is 44.7. The molecule has 2 aliphatic rings. The highest BCUT2D eigenvalue weighted by atomic mass is 32.1. The summed E-state index contributed by atoms with van der Waals surface area (Å²) in [6.45, 7) is 41.3. The quantitative estimate of drug-likeness (QED) is 0.0912. The molecule has 3 heterocycles. The van der Waals surface area contributed by atoms with Gasteiger partial charge in [0.05, 0.1) is 29.2 Å². The summed E-state index contributed by atoms with van der Waals surface area (Å²) in [6.07, 6.45) is 4.54. The number of carbonyl (C=O) groups excluding carboxylic acids is 2. The minimum absolute atomic E-state index is 0.0236. The van der Waals surface area contributed by atoms with Crippen LogP contribution in [0.25, 0.3) is 6.08 Å². The summed E-state index contributed by atoms with van der Waals surface area (Å²) >= 11 is 1.36. The molecule has 340 valence electrons. The normalized spacial score (nSPS) is 29.6. The van der Waals surface area contributed by atoms with Crippen LogP contribution in [0.4, 0.5) is 0 Å². The Hall–Kier alpha value is -1.07. The maximum atomic E-state index is 15.2. The highest BCUT2D eigenvalue weighted by molar-refractivity contribution is 7.06. The second kappa shape index (κ2) is 21.1. The summed E-state index contributed by atoms with van der Waals surface area (Å²) < 4.78 is 32.2. The van der Waals surface area contributed by atoms with Gasteiger partial charge >= 0.3 is 5.97 Å². The molecule has 0 radical (unpaired) electrons. The van der Waals surface area contributed by atoms with Crippen molar-refractivity contribution in [3.8, 4) is 0 Å². The summed E-state index contributed by atoms with van der Waals surface area (Å²) in [4.78, 5) is 33.3. The minimum atomic E-state index is -2.26. The van der Waals surface area contributed by atoms with Crippen LogP contribution < -0.4 is 0 Å². The van der Waals surface area contributed by atoms with E-state index in [0.717, 1.165) is 78.2 Å². The molecule has 13 heteroatoms. The summed E-state index contributed by atoms with van der Waals surface area (Å²) in [5, 5.41) is 4.39. The van der Waals surface area contributed by atoms with Crippen LogP contribution in [0.1, 0.15) is 147 Å². The highest BCUT2D eigenvalue weighted by Crippen LogP contribution is 2.49. The van der Waals surface area contributed by atoms with Crippen molar-refractivity contribution in [1.82, 2.24) is 14.5 Å². The van der Waals surface area contributed by atoms with Crippen LogP contribution in [0, 0.1) is 24.2 Å². The third kappa shape index (κ3) is 12.4. The maximum Gasteiger partial charge on any atom is 0.309 e. The first-order valence-corrected chi connectivity index (χ1v) is 32.1. The molecule has 9 nitrogen and oxygen atoms in total. The Morgan fingerprint density at radius 2 is 1.51 bits per heavy atom. The molecule has 1 aromatic heterocycles. The van der Waals surface area contributed by atoms with E-state index in [9.17, 15) is 4.79 Å². The Morgan fingerprint density at radius 3 is 2.02 bits per heavy atom. The third-order valence-corrected chi connectivity index (χ3v) is 30.4. The van der Waals surface area contributed by atoms with Crippen LogP contribution in [0.3, 0.4) is 0 Å². The second-order valence-electron chi connectivity index (χ2n) is 20.6. The van der Waals surface area contributed by atoms with Crippen LogP contribution >= 0.6 is 11.5 Å². The number of cyclic esters (lactones) is 1. The van der Waals surface area contributed by atoms with Crippen molar-refractivity contribution in [3.63, 3.8) is 0 Å². The third-order valence-electron chi connectivity index (χ3n) is 15.8. The van der Waals surface area contributed by atoms with Crippen LogP contribution in [0.2, 0.25) is 54.4 Å². The lowest BCUT2D eigenvalue weighted by Gasteiger charge is -2.44. The lowest BCUT2D eigenvalue weighted by Crippen LogP contribution is -2.53. The number of nitrogens with zero attached hydrogens (tertiary/aromatic N) is 3. The molecule has 3 rings (SSSR count). The molecule has 8 atom stereocenters. The summed E-state index contributed by atoms with van der Waals surface area (Å²) in [5.41, 5.74) is 0.830. The zero-order chi connectivity index (χ0) is 44.8. The fraction of sp³-hybridized carbons (Fsp3) is 0.870. The van der Waals surface area contributed by atoms with Crippen molar-refractivity contribution in [2.45, 2.75) is 227 Å². The van der Waals surface area contributed by atoms with E-state index < -0.39 is 42.6 Å². The van der Waals surface area contributed by atoms with Gasteiger partial charge in [-0.05, 0) is 117 Å². The van der Waals surface area contributed by atoms with E-state index in [1.807, 2.05) is 20.8 Å². The molecule has 0 amide bonds. The zero-order valence-electron chi connectivity index (χ0n) is 40.9. The predicted octanol–water partition coefficient (Wildman–Crippen LogP) is 12.2. The van der Waals surface area contributed by atoms with Gasteiger partial charge in [-0.15, -0.1) is 5.10 Å². The second-order valence-corrected chi connectivity index (χ2v) is 35.7. The van der Waals surface area contributed by atoms with Crippen molar-refractivity contribution in [1.29, 1.82) is 0 Å². The van der Waals surface area contributed by atoms with Crippen LogP contribution in [-0.4, -0.2) is 94.2 Å². The molecule has 0 N–H and O–H groups in total. The Bertz CT molecular complexity index is 1540. The van der Waals surface area contributed by atoms with Gasteiger partial charge in [0.25, 0.3) is 0 Å². The van der Waals surface area contributed by atoms with Crippen molar-refractivity contribution in [3.05, 3.63) is 16.1 Å². The van der Waals surface area contributed by atoms with Gasteiger partial charge in [0.1, 0.15) is 11.9 Å². The molecule has 2 saturated heterocycles. The number of ketones is 1.